The predicted molar refractivity (Wildman–Crippen MR) is 88.1 cm³/mol. The van der Waals surface area contributed by atoms with E-state index in [-0.39, 0.29) is 4.90 Å². The second-order valence-corrected chi connectivity index (χ2v) is 7.12. The Balaban J connectivity index is 2.22. The summed E-state index contributed by atoms with van der Waals surface area (Å²) in [5.74, 6) is 0. The second-order valence-electron chi connectivity index (χ2n) is 5.29. The molecule has 116 valence electrons. The van der Waals surface area contributed by atoms with Gasteiger partial charge in [0.2, 0.25) is 0 Å². The van der Waals surface area contributed by atoms with E-state index in [0.29, 0.717) is 23.4 Å². The van der Waals surface area contributed by atoms with Crippen LogP contribution in [0.1, 0.15) is 6.92 Å². The fraction of sp³-hybridized carbons (Fsp3) is 0.118. The fourth-order valence-electron chi connectivity index (χ4n) is 3.11. The van der Waals surface area contributed by atoms with Gasteiger partial charge in [0.05, 0.1) is 10.6 Å². The molecule has 6 heteroatoms. The van der Waals surface area contributed by atoms with Crippen molar-refractivity contribution < 1.29 is 12.8 Å². The Kier molecular flexibility index (Phi) is 2.86. The van der Waals surface area contributed by atoms with Gasteiger partial charge in [-0.2, -0.15) is 0 Å². The van der Waals surface area contributed by atoms with E-state index in [9.17, 15) is 13.2 Å². The van der Waals surface area contributed by atoms with Crippen molar-refractivity contribution >= 4 is 26.7 Å². The minimum Gasteiger partial charge on any atom is -0.423 e. The van der Waals surface area contributed by atoms with Crippen molar-refractivity contribution in [3.63, 3.8) is 0 Å². The summed E-state index contributed by atoms with van der Waals surface area (Å²) in [4.78, 5) is 11.7. The molecule has 0 radical (unpaired) electrons. The first-order valence-electron chi connectivity index (χ1n) is 7.23. The maximum atomic E-state index is 12.8. The number of fused-ring (bicyclic) bond motifs is 5. The van der Waals surface area contributed by atoms with Crippen LogP contribution in [0.2, 0.25) is 0 Å². The topological polar surface area (TPSA) is 67.6 Å². The van der Waals surface area contributed by atoms with E-state index in [1.807, 2.05) is 0 Å². The van der Waals surface area contributed by atoms with Crippen molar-refractivity contribution in [1.82, 2.24) is 0 Å². The van der Waals surface area contributed by atoms with Crippen LogP contribution < -0.4 is 9.93 Å². The molecule has 1 aliphatic rings. The zero-order chi connectivity index (χ0) is 16.2. The third-order valence-electron chi connectivity index (χ3n) is 4.06. The van der Waals surface area contributed by atoms with E-state index in [1.165, 1.54) is 10.4 Å². The summed E-state index contributed by atoms with van der Waals surface area (Å²) in [6, 6.07) is 13.3. The molecule has 0 atom stereocenters. The van der Waals surface area contributed by atoms with Gasteiger partial charge in [0.15, 0.2) is 0 Å². The Morgan fingerprint density at radius 2 is 1.83 bits per heavy atom. The largest absolute Gasteiger partial charge is 0.423 e. The summed E-state index contributed by atoms with van der Waals surface area (Å²) in [7, 11) is -3.58. The van der Waals surface area contributed by atoms with Gasteiger partial charge >= 0.3 is 5.63 Å². The van der Waals surface area contributed by atoms with E-state index < -0.39 is 15.6 Å². The third-order valence-corrected chi connectivity index (χ3v) is 6.01. The van der Waals surface area contributed by atoms with Crippen molar-refractivity contribution in [3.8, 4) is 11.1 Å². The number of rotatable bonds is 1. The molecule has 0 amide bonds. The fourth-order valence-corrected chi connectivity index (χ4v) is 4.80. The lowest BCUT2D eigenvalue weighted by atomic mass is 9.98. The molecule has 2 aromatic carbocycles. The molecule has 0 unspecified atom stereocenters. The molecular weight excluding hydrogens is 314 g/mol. The molecule has 0 bridgehead atoms. The summed E-state index contributed by atoms with van der Waals surface area (Å²) in [6.07, 6.45) is 0. The molecule has 5 nitrogen and oxygen atoms in total. The van der Waals surface area contributed by atoms with Gasteiger partial charge in [-0.15, -0.1) is 0 Å². The number of anilines is 1. The molecule has 3 aromatic rings. The molecule has 23 heavy (non-hydrogen) atoms. The lowest BCUT2D eigenvalue weighted by molar-refractivity contribution is 0.561. The highest BCUT2D eigenvalue weighted by atomic mass is 32.2. The Morgan fingerprint density at radius 3 is 2.61 bits per heavy atom. The van der Waals surface area contributed by atoms with Gasteiger partial charge in [-0.05, 0) is 31.2 Å². The molecule has 0 saturated heterocycles. The summed E-state index contributed by atoms with van der Waals surface area (Å²) in [5, 5.41) is 0.725. The summed E-state index contributed by atoms with van der Waals surface area (Å²) >= 11 is 0. The number of nitrogens with zero attached hydrogens (tertiary/aromatic N) is 1. The molecular formula is C17H13NO4S. The second kappa shape index (κ2) is 4.70. The van der Waals surface area contributed by atoms with E-state index in [1.54, 1.807) is 49.4 Å². The quantitative estimate of drug-likeness (QED) is 0.644. The average Bonchev–Trinajstić information content (AvgIpc) is 2.54. The van der Waals surface area contributed by atoms with Gasteiger partial charge in [0, 0.05) is 29.1 Å². The Hall–Kier alpha value is -2.60. The van der Waals surface area contributed by atoms with Crippen molar-refractivity contribution in [2.45, 2.75) is 11.8 Å². The van der Waals surface area contributed by atoms with Gasteiger partial charge < -0.3 is 4.42 Å². The van der Waals surface area contributed by atoms with Crippen molar-refractivity contribution in [3.05, 3.63) is 59.0 Å². The number of benzene rings is 2. The first-order valence-corrected chi connectivity index (χ1v) is 8.67. The highest BCUT2D eigenvalue weighted by molar-refractivity contribution is 7.93. The SMILES string of the molecule is CCN1c2ccc3oc(=O)ccc3c2-c2ccccc2S1(=O)=O. The van der Waals surface area contributed by atoms with Gasteiger partial charge in [-0.25, -0.2) is 13.2 Å². The highest BCUT2D eigenvalue weighted by Crippen LogP contribution is 2.46. The van der Waals surface area contributed by atoms with E-state index in [0.717, 1.165) is 10.9 Å². The molecule has 0 aliphatic carbocycles. The van der Waals surface area contributed by atoms with E-state index in [4.69, 9.17) is 4.42 Å². The first-order chi connectivity index (χ1) is 11.0. The summed E-state index contributed by atoms with van der Waals surface area (Å²) in [6.45, 7) is 2.12. The monoisotopic (exact) mass is 327 g/mol. The summed E-state index contributed by atoms with van der Waals surface area (Å²) < 4.78 is 32.3. The van der Waals surface area contributed by atoms with Crippen LogP contribution in [0.15, 0.2) is 62.6 Å². The molecule has 2 heterocycles. The van der Waals surface area contributed by atoms with Gasteiger partial charge in [-0.1, -0.05) is 18.2 Å². The van der Waals surface area contributed by atoms with Crippen LogP contribution in [0.5, 0.6) is 0 Å². The molecule has 4 rings (SSSR count). The van der Waals surface area contributed by atoms with Crippen molar-refractivity contribution in [2.24, 2.45) is 0 Å². The predicted octanol–water partition coefficient (Wildman–Crippen LogP) is 2.99. The number of hydrogen-bond acceptors (Lipinski definition) is 4. The molecule has 0 spiro atoms. The minimum atomic E-state index is -3.58. The molecule has 1 aromatic heterocycles. The Morgan fingerprint density at radius 1 is 1.04 bits per heavy atom. The first kappa shape index (κ1) is 14.0. The maximum Gasteiger partial charge on any atom is 0.336 e. The van der Waals surface area contributed by atoms with Gasteiger partial charge in [-0.3, -0.25) is 4.31 Å². The molecule has 0 fully saturated rings. The molecule has 0 saturated carbocycles. The van der Waals surface area contributed by atoms with Crippen LogP contribution in [-0.4, -0.2) is 15.0 Å². The molecule has 1 aliphatic heterocycles. The smallest absolute Gasteiger partial charge is 0.336 e. The van der Waals surface area contributed by atoms with Crippen LogP contribution in [0.3, 0.4) is 0 Å². The van der Waals surface area contributed by atoms with Crippen molar-refractivity contribution in [1.29, 1.82) is 0 Å². The normalized spacial score (nSPS) is 15.3. The zero-order valence-electron chi connectivity index (χ0n) is 12.3. The van der Waals surface area contributed by atoms with Gasteiger partial charge in [0.1, 0.15) is 5.58 Å². The third kappa shape index (κ3) is 1.85. The van der Waals surface area contributed by atoms with Crippen LogP contribution in [-0.2, 0) is 10.0 Å². The lowest BCUT2D eigenvalue weighted by Crippen LogP contribution is -2.34. The van der Waals surface area contributed by atoms with E-state index >= 15 is 0 Å². The lowest BCUT2D eigenvalue weighted by Gasteiger charge is -2.31. The van der Waals surface area contributed by atoms with Gasteiger partial charge in [0.25, 0.3) is 10.0 Å². The minimum absolute atomic E-state index is 0.271. The maximum absolute atomic E-state index is 12.8. The molecule has 0 N–H and O–H groups in total. The summed E-state index contributed by atoms with van der Waals surface area (Å²) in [5.41, 5.74) is 2.03. The zero-order valence-corrected chi connectivity index (χ0v) is 13.1. The Labute approximate surface area is 132 Å². The Bertz CT molecular complexity index is 1100. The van der Waals surface area contributed by atoms with Crippen LogP contribution in [0.25, 0.3) is 22.1 Å². The van der Waals surface area contributed by atoms with Crippen LogP contribution in [0, 0.1) is 0 Å². The van der Waals surface area contributed by atoms with Crippen LogP contribution >= 0.6 is 0 Å². The number of sulfonamides is 1. The highest BCUT2D eigenvalue weighted by Gasteiger charge is 2.34. The van der Waals surface area contributed by atoms with Crippen LogP contribution in [0.4, 0.5) is 5.69 Å². The van der Waals surface area contributed by atoms with E-state index in [2.05, 4.69) is 0 Å². The van der Waals surface area contributed by atoms with Crippen molar-refractivity contribution in [2.75, 3.05) is 10.8 Å². The number of hydrogen-bond donors (Lipinski definition) is 0. The average molecular weight is 327 g/mol. The standard InChI is InChI=1S/C17H13NO4S/c1-2-18-13-8-9-14-11(7-10-16(19)22-14)17(13)12-5-3-4-6-15(12)23(18,20)21/h3-10H,2H2,1H3.